The first kappa shape index (κ1) is 12.3. The van der Waals surface area contributed by atoms with Gasteiger partial charge in [-0.1, -0.05) is 165 Å². The van der Waals surface area contributed by atoms with Gasteiger partial charge in [-0.05, 0) is 122 Å². The normalized spacial score (nSPS) is 23.2. The van der Waals surface area contributed by atoms with Crippen molar-refractivity contribution in [2.45, 2.75) is 19.1 Å². The van der Waals surface area contributed by atoms with E-state index >= 15 is 0 Å². The molecule has 0 spiro atoms. The Hall–Kier alpha value is -7.42. The molecule has 2 heteroatoms. The molecule has 2 nitrogen and oxygen atoms in total. The van der Waals surface area contributed by atoms with Crippen molar-refractivity contribution in [3.63, 3.8) is 0 Å². The second kappa shape index (κ2) is 13.9. The molecule has 0 radical (unpaired) electrons. The van der Waals surface area contributed by atoms with E-state index in [4.69, 9.17) is 35.6 Å². The molecule has 1 aliphatic carbocycles. The Morgan fingerprint density at radius 3 is 1.73 bits per heavy atom. The van der Waals surface area contributed by atoms with Crippen LogP contribution in [0.3, 0.4) is 0 Å². The van der Waals surface area contributed by atoms with Gasteiger partial charge in [0.15, 0.2) is 0 Å². The van der Waals surface area contributed by atoms with Crippen molar-refractivity contribution in [2.75, 3.05) is 4.90 Å². The maximum Gasteiger partial charge on any atom is 0.0651 e. The molecular formula is C57H42N2. The lowest BCUT2D eigenvalue weighted by atomic mass is 9.82. The molecular weight excluding hydrogens is 713 g/mol. The SMILES string of the molecule is [2H]c1c([2H])c([2H])c(-c2c([2H])c([2H])c([2H])c([2H])c2-c2c([2H])c([2H])c(N(c3c([2H])c([2H])c([2H])c(-c4c([2H])c([2H])c5c(c4[2H])c4c([2H])c([2H])c([2H])c([2H])c4n5-c4c([2H])c([2H])c([2H])c([2H])c4[2H])c3[2H])c3c([2H])c([2H])c4c(c3[2H])C(C([2H])([2H])[2H])(C([2H])([2H])[2H])c3c([2H])c([2H])c([2H])c([2H])c3-4)c([2H])c2[2H])c([2H])c1[2H]. The van der Waals surface area contributed by atoms with Crippen LogP contribution in [0, 0.1) is 0 Å². The topological polar surface area (TPSA) is 8.17 Å². The minimum atomic E-state index is -4.16. The minimum absolute atomic E-state index is 0.0336. The summed E-state index contributed by atoms with van der Waals surface area (Å²) in [6.07, 6.45) is 0. The number of benzene rings is 9. The van der Waals surface area contributed by atoms with E-state index in [9.17, 15) is 21.9 Å². The summed E-state index contributed by atoms with van der Waals surface area (Å²) in [5.41, 5.74) is -22.7. The van der Waals surface area contributed by atoms with Crippen molar-refractivity contribution in [2.24, 2.45) is 0 Å². The number of fused-ring (bicyclic) bond motifs is 6. The highest BCUT2D eigenvalue weighted by Crippen LogP contribution is 2.51. The van der Waals surface area contributed by atoms with Gasteiger partial charge in [0.05, 0.1) is 60.4 Å². The Labute approximate surface area is 404 Å². The van der Waals surface area contributed by atoms with Gasteiger partial charge in [-0.15, -0.1) is 0 Å². The quantitative estimate of drug-likeness (QED) is 0.156. The van der Waals surface area contributed by atoms with Crippen LogP contribution >= 0.6 is 0 Å². The minimum Gasteiger partial charge on any atom is -0.310 e. The summed E-state index contributed by atoms with van der Waals surface area (Å²) < 4.78 is 385. The van der Waals surface area contributed by atoms with E-state index in [1.165, 1.54) is 0 Å². The average Bonchev–Trinajstić information content (AvgIpc) is 1.53. The zero-order valence-corrected chi connectivity index (χ0v) is 29.4. The molecule has 10 aromatic rings. The van der Waals surface area contributed by atoms with Crippen LogP contribution in [-0.2, 0) is 5.41 Å². The number of hydrogen-bond acceptors (Lipinski definition) is 1. The predicted octanol–water partition coefficient (Wildman–Crippen LogP) is 15.6. The molecule has 0 unspecified atom stereocenters. The van der Waals surface area contributed by atoms with Gasteiger partial charge in [-0.25, -0.2) is 0 Å². The Morgan fingerprint density at radius 1 is 0.390 bits per heavy atom. The largest absolute Gasteiger partial charge is 0.310 e. The number of nitrogens with zero attached hydrogens (tertiary/aromatic N) is 2. The molecule has 0 aliphatic heterocycles. The summed E-state index contributed by atoms with van der Waals surface area (Å²) >= 11 is 0. The second-order valence-corrected chi connectivity index (χ2v) is 12.5. The molecule has 0 fully saturated rings. The monoisotopic (exact) mass is 797 g/mol. The molecule has 9 aromatic carbocycles. The summed E-state index contributed by atoms with van der Waals surface area (Å²) in [4.78, 5) is 0.0336. The lowest BCUT2D eigenvalue weighted by Gasteiger charge is -2.28. The molecule has 0 atom stereocenters. The first-order chi connectivity index (χ1) is 46.5. The summed E-state index contributed by atoms with van der Waals surface area (Å²) in [5.74, 6) is 0. The summed E-state index contributed by atoms with van der Waals surface area (Å²) in [6, 6.07) is -44.9. The fraction of sp³-hybridized carbons (Fsp3) is 0.0526. The maximum atomic E-state index is 10.2. The van der Waals surface area contributed by atoms with Crippen molar-refractivity contribution in [3.8, 4) is 50.2 Å². The summed E-state index contributed by atoms with van der Waals surface area (Å²) in [6.45, 7) is -8.31. The molecule has 0 bridgehead atoms. The smallest absolute Gasteiger partial charge is 0.0651 e. The van der Waals surface area contributed by atoms with Crippen LogP contribution < -0.4 is 4.90 Å². The lowest BCUT2D eigenvalue weighted by molar-refractivity contribution is 0.660. The Balaban J connectivity index is 1.38. The zero-order valence-electron chi connectivity index (χ0n) is 71.4. The Kier molecular flexibility index (Phi) is 2.90. The average molecular weight is 797 g/mol. The molecule has 59 heavy (non-hydrogen) atoms. The van der Waals surface area contributed by atoms with Crippen LogP contribution in [0.5, 0.6) is 0 Å². The fourth-order valence-corrected chi connectivity index (χ4v) is 6.61. The van der Waals surface area contributed by atoms with Crippen molar-refractivity contribution in [1.29, 1.82) is 0 Å². The third-order valence-corrected chi connectivity index (χ3v) is 9.19. The van der Waals surface area contributed by atoms with Gasteiger partial charge in [0.25, 0.3) is 0 Å². The van der Waals surface area contributed by atoms with E-state index in [1.54, 1.807) is 0 Å². The molecule has 0 saturated carbocycles. The van der Waals surface area contributed by atoms with Crippen LogP contribution in [0.2, 0.25) is 0 Å². The second-order valence-electron chi connectivity index (χ2n) is 12.5. The first-order valence-electron chi connectivity index (χ1n) is 38.1. The number of aromatic nitrogens is 1. The number of rotatable bonds is 7. The van der Waals surface area contributed by atoms with Gasteiger partial charge < -0.3 is 9.47 Å². The number of hydrogen-bond donors (Lipinski definition) is 0. The van der Waals surface area contributed by atoms with Crippen LogP contribution in [0.15, 0.2) is 218 Å². The Morgan fingerprint density at radius 2 is 0.949 bits per heavy atom. The van der Waals surface area contributed by atoms with Crippen molar-refractivity contribution in [1.82, 2.24) is 4.57 Å². The molecule has 1 heterocycles. The third-order valence-electron chi connectivity index (χ3n) is 9.19. The maximum absolute atomic E-state index is 10.2. The number of para-hydroxylation sites is 2. The highest BCUT2D eigenvalue weighted by molar-refractivity contribution is 6.10. The number of anilines is 3. The van der Waals surface area contributed by atoms with Gasteiger partial charge in [-0.3, -0.25) is 0 Å². The van der Waals surface area contributed by atoms with E-state index in [-0.39, 0.29) is 4.90 Å². The van der Waals surface area contributed by atoms with Gasteiger partial charge >= 0.3 is 0 Å². The molecule has 0 N–H and O–H groups in total. The van der Waals surface area contributed by atoms with Crippen LogP contribution in [-0.4, -0.2) is 4.57 Å². The third kappa shape index (κ3) is 5.79. The van der Waals surface area contributed by atoms with E-state index in [2.05, 4.69) is 0 Å². The van der Waals surface area contributed by atoms with Gasteiger partial charge in [0.1, 0.15) is 0 Å². The van der Waals surface area contributed by atoms with E-state index in [0.717, 1.165) is 0 Å². The van der Waals surface area contributed by atoms with E-state index in [1.807, 2.05) is 0 Å². The van der Waals surface area contributed by atoms with Crippen LogP contribution in [0.25, 0.3) is 72.0 Å². The molecule has 1 aromatic heterocycles. The Bertz CT molecular complexity index is 5430. The molecule has 0 amide bonds. The van der Waals surface area contributed by atoms with E-state index in [0.29, 0.717) is 4.57 Å². The van der Waals surface area contributed by atoms with Gasteiger partial charge in [0.2, 0.25) is 0 Å². The lowest BCUT2D eigenvalue weighted by Crippen LogP contribution is -2.16. The van der Waals surface area contributed by atoms with Crippen molar-refractivity contribution < 1.29 is 57.6 Å². The fourth-order valence-electron chi connectivity index (χ4n) is 6.61. The summed E-state index contributed by atoms with van der Waals surface area (Å²) in [5, 5.41) is -1.61. The predicted molar refractivity (Wildman–Crippen MR) is 249 cm³/mol. The van der Waals surface area contributed by atoms with Gasteiger partial charge in [0, 0.05) is 47.2 Å². The summed E-state index contributed by atoms with van der Waals surface area (Å²) in [7, 11) is 0. The molecule has 11 rings (SSSR count). The zero-order chi connectivity index (χ0) is 75.8. The first-order valence-corrected chi connectivity index (χ1v) is 17.1. The highest BCUT2D eigenvalue weighted by Gasteiger charge is 2.35. The highest BCUT2D eigenvalue weighted by atomic mass is 15.1. The van der Waals surface area contributed by atoms with Gasteiger partial charge in [-0.2, -0.15) is 0 Å². The standard InChI is InChI=1S/C57H42N2/c1-57(2)53-26-13-11-24-49(53)50-34-33-46(38-54(50)57)58(44-31-28-40(29-32-44)48-23-10-9-22-47(48)39-16-5-3-6-17-39)45-21-15-18-41(36-45)42-30-35-56-52(37-42)51-25-12-14-27-55(51)59(56)43-19-7-4-8-20-43/h3-38H,1-2H3/i1D3,2D3,3D,4D,5D,6D,7D,8D,9D,10D,11D,12D,13D,14D,15D,16D,17D,18D,19D,20D,21D,22D,23D,24D,25D,26D,27D,28D,29D,30D,31D,32D,33D,34D,35D,36D,37D,38D. The molecule has 1 aliphatic rings. The van der Waals surface area contributed by atoms with Crippen molar-refractivity contribution >= 4 is 38.9 Å². The molecule has 280 valence electrons. The molecule has 0 saturated heterocycles. The van der Waals surface area contributed by atoms with Crippen LogP contribution in [0.4, 0.5) is 17.1 Å². The van der Waals surface area contributed by atoms with E-state index < -0.39 is 337 Å². The van der Waals surface area contributed by atoms with Crippen molar-refractivity contribution in [3.05, 3.63) is 229 Å². The van der Waals surface area contributed by atoms with Crippen LogP contribution in [0.1, 0.15) is 82.4 Å².